The van der Waals surface area contributed by atoms with Crippen LogP contribution in [0.15, 0.2) is 211 Å². The van der Waals surface area contributed by atoms with Gasteiger partial charge in [0, 0.05) is 38.2 Å². The molecule has 0 spiro atoms. The molecule has 5 nitrogen and oxygen atoms in total. The molecule has 0 aliphatic heterocycles. The lowest BCUT2D eigenvalue weighted by molar-refractivity contribution is 0.669. The minimum atomic E-state index is 0.552. The van der Waals surface area contributed by atoms with Crippen molar-refractivity contribution in [3.8, 4) is 62.1 Å². The van der Waals surface area contributed by atoms with Gasteiger partial charge in [-0.05, 0) is 75.5 Å². The van der Waals surface area contributed by atoms with Crippen molar-refractivity contribution in [3.63, 3.8) is 0 Å². The zero-order valence-corrected chi connectivity index (χ0v) is 32.3. The quantitative estimate of drug-likeness (QED) is 0.169. The Hall–Kier alpha value is -8.15. The standard InChI is InChI=1S/C55H34N4O/c1-3-14-35(15-4-1)37-26-28-38(29-27-37)53-56-54(42-21-13-20-39(30-42)36-16-5-2-6-17-36)58-55(57-53)47-34-52-46(44-23-10-12-25-51(44)60-52)33-50(47)59-48-24-11-9-22-43(48)45-31-40-18-7-8-19-41(40)32-49(45)59/h1-34H. The summed E-state index contributed by atoms with van der Waals surface area (Å²) in [7, 11) is 0. The molecule has 0 aliphatic rings. The van der Waals surface area contributed by atoms with Crippen LogP contribution in [0.5, 0.6) is 0 Å². The van der Waals surface area contributed by atoms with Gasteiger partial charge >= 0.3 is 0 Å². The molecule has 3 heterocycles. The summed E-state index contributed by atoms with van der Waals surface area (Å²) in [6.45, 7) is 0. The largest absolute Gasteiger partial charge is 0.456 e. The van der Waals surface area contributed by atoms with Gasteiger partial charge < -0.3 is 8.98 Å². The molecule has 0 saturated carbocycles. The van der Waals surface area contributed by atoms with Gasteiger partial charge in [-0.2, -0.15) is 0 Å². The molecule has 280 valence electrons. The molecule has 60 heavy (non-hydrogen) atoms. The molecule has 0 saturated heterocycles. The lowest BCUT2D eigenvalue weighted by Crippen LogP contribution is -2.04. The van der Waals surface area contributed by atoms with E-state index in [9.17, 15) is 0 Å². The molecule has 0 atom stereocenters. The number of fused-ring (bicyclic) bond motifs is 7. The second-order valence-corrected chi connectivity index (χ2v) is 15.2. The van der Waals surface area contributed by atoms with E-state index in [-0.39, 0.29) is 0 Å². The topological polar surface area (TPSA) is 56.7 Å². The maximum Gasteiger partial charge on any atom is 0.166 e. The van der Waals surface area contributed by atoms with Gasteiger partial charge in [-0.3, -0.25) is 0 Å². The van der Waals surface area contributed by atoms with Crippen LogP contribution in [0.2, 0.25) is 0 Å². The van der Waals surface area contributed by atoms with Crippen molar-refractivity contribution in [1.82, 2.24) is 19.5 Å². The smallest absolute Gasteiger partial charge is 0.166 e. The molecule has 0 N–H and O–H groups in total. The second kappa shape index (κ2) is 13.8. The first-order valence-electron chi connectivity index (χ1n) is 20.2. The fourth-order valence-corrected chi connectivity index (χ4v) is 8.70. The number of rotatable bonds is 6. The molecule has 0 fully saturated rings. The maximum absolute atomic E-state index is 6.59. The summed E-state index contributed by atoms with van der Waals surface area (Å²) in [5, 5.41) is 6.81. The Kier molecular flexibility index (Phi) is 7.78. The molecule has 0 unspecified atom stereocenters. The molecule has 9 aromatic carbocycles. The second-order valence-electron chi connectivity index (χ2n) is 15.2. The molecule has 0 amide bonds. The molecular weight excluding hydrogens is 733 g/mol. The van der Waals surface area contributed by atoms with Gasteiger partial charge in [0.15, 0.2) is 17.5 Å². The first-order chi connectivity index (χ1) is 29.7. The van der Waals surface area contributed by atoms with E-state index in [1.165, 1.54) is 21.5 Å². The normalized spacial score (nSPS) is 11.7. The van der Waals surface area contributed by atoms with E-state index in [0.717, 1.165) is 77.6 Å². The van der Waals surface area contributed by atoms with Crippen LogP contribution in [0.1, 0.15) is 0 Å². The van der Waals surface area contributed by atoms with Crippen LogP contribution >= 0.6 is 0 Å². The van der Waals surface area contributed by atoms with Crippen LogP contribution in [0.3, 0.4) is 0 Å². The molecule has 12 rings (SSSR count). The molecule has 12 aromatic rings. The lowest BCUT2D eigenvalue weighted by Gasteiger charge is -2.15. The highest BCUT2D eigenvalue weighted by Gasteiger charge is 2.23. The van der Waals surface area contributed by atoms with Crippen molar-refractivity contribution in [3.05, 3.63) is 206 Å². The van der Waals surface area contributed by atoms with Crippen LogP contribution in [0.4, 0.5) is 0 Å². The van der Waals surface area contributed by atoms with E-state index in [4.69, 9.17) is 19.4 Å². The predicted molar refractivity (Wildman–Crippen MR) is 246 cm³/mol. The zero-order valence-electron chi connectivity index (χ0n) is 32.3. The Bertz CT molecular complexity index is 3590. The minimum absolute atomic E-state index is 0.552. The van der Waals surface area contributed by atoms with Crippen LogP contribution < -0.4 is 0 Å². The van der Waals surface area contributed by atoms with Gasteiger partial charge in [0.05, 0.1) is 16.7 Å². The monoisotopic (exact) mass is 766 g/mol. The molecule has 0 aliphatic carbocycles. The van der Waals surface area contributed by atoms with Gasteiger partial charge in [0.2, 0.25) is 0 Å². The molecule has 3 aromatic heterocycles. The van der Waals surface area contributed by atoms with E-state index in [2.05, 4.69) is 187 Å². The number of hydrogen-bond donors (Lipinski definition) is 0. The lowest BCUT2D eigenvalue weighted by atomic mass is 10.0. The number of aromatic nitrogens is 4. The summed E-state index contributed by atoms with van der Waals surface area (Å²) >= 11 is 0. The van der Waals surface area contributed by atoms with Crippen molar-refractivity contribution in [1.29, 1.82) is 0 Å². The van der Waals surface area contributed by atoms with Gasteiger partial charge in [-0.1, -0.05) is 164 Å². The summed E-state index contributed by atoms with van der Waals surface area (Å²) < 4.78 is 8.97. The number of benzene rings is 9. The summed E-state index contributed by atoms with van der Waals surface area (Å²) in [5.74, 6) is 1.73. The van der Waals surface area contributed by atoms with Gasteiger partial charge in [0.1, 0.15) is 11.2 Å². The Morgan fingerprint density at radius 2 is 0.883 bits per heavy atom. The Balaban J connectivity index is 1.15. The zero-order chi connectivity index (χ0) is 39.6. The van der Waals surface area contributed by atoms with Crippen molar-refractivity contribution in [2.75, 3.05) is 0 Å². The van der Waals surface area contributed by atoms with Crippen LogP contribution in [0.25, 0.3) is 117 Å². The van der Waals surface area contributed by atoms with Crippen molar-refractivity contribution in [2.45, 2.75) is 0 Å². The first-order valence-corrected chi connectivity index (χ1v) is 20.2. The number of hydrogen-bond acceptors (Lipinski definition) is 4. The molecular formula is C55H34N4O. The van der Waals surface area contributed by atoms with Crippen molar-refractivity contribution < 1.29 is 4.42 Å². The summed E-state index contributed by atoms with van der Waals surface area (Å²) in [6, 6.07) is 72.2. The van der Waals surface area contributed by atoms with Crippen LogP contribution in [-0.4, -0.2) is 19.5 Å². The summed E-state index contributed by atoms with van der Waals surface area (Å²) in [4.78, 5) is 15.9. The maximum atomic E-state index is 6.59. The summed E-state index contributed by atoms with van der Waals surface area (Å²) in [6.07, 6.45) is 0. The van der Waals surface area contributed by atoms with Gasteiger partial charge in [-0.25, -0.2) is 15.0 Å². The molecule has 0 radical (unpaired) electrons. The van der Waals surface area contributed by atoms with E-state index in [1.807, 2.05) is 24.3 Å². The van der Waals surface area contributed by atoms with Gasteiger partial charge in [-0.15, -0.1) is 0 Å². The van der Waals surface area contributed by atoms with Crippen LogP contribution in [-0.2, 0) is 0 Å². The third-order valence-electron chi connectivity index (χ3n) is 11.6. The minimum Gasteiger partial charge on any atom is -0.456 e. The van der Waals surface area contributed by atoms with E-state index in [0.29, 0.717) is 17.5 Å². The third kappa shape index (κ3) is 5.67. The highest BCUT2D eigenvalue weighted by atomic mass is 16.3. The fraction of sp³-hybridized carbons (Fsp3) is 0. The highest BCUT2D eigenvalue weighted by molar-refractivity contribution is 6.15. The number of para-hydroxylation sites is 2. The number of nitrogens with zero attached hydrogens (tertiary/aromatic N) is 4. The predicted octanol–water partition coefficient (Wildman–Crippen LogP) is 14.4. The Morgan fingerprint density at radius 1 is 0.317 bits per heavy atom. The number of furan rings is 1. The van der Waals surface area contributed by atoms with Gasteiger partial charge in [0.25, 0.3) is 0 Å². The Labute approximate surface area is 345 Å². The molecule has 5 heteroatoms. The third-order valence-corrected chi connectivity index (χ3v) is 11.6. The van der Waals surface area contributed by atoms with E-state index < -0.39 is 0 Å². The van der Waals surface area contributed by atoms with Crippen molar-refractivity contribution in [2.24, 2.45) is 0 Å². The van der Waals surface area contributed by atoms with Crippen molar-refractivity contribution >= 4 is 54.5 Å². The molecule has 0 bridgehead atoms. The SMILES string of the molecule is c1ccc(-c2ccc(-c3nc(-c4cccc(-c5ccccc5)c4)nc(-c4cc5oc6ccccc6c5cc4-n4c5ccccc5c5cc6ccccc6cc54)n3)cc2)cc1. The highest BCUT2D eigenvalue weighted by Crippen LogP contribution is 2.42. The first kappa shape index (κ1) is 33.9. The average molecular weight is 767 g/mol. The summed E-state index contributed by atoms with van der Waals surface area (Å²) in [5.41, 5.74) is 11.9. The fourth-order valence-electron chi connectivity index (χ4n) is 8.70. The average Bonchev–Trinajstić information content (AvgIpc) is 3.85. The Morgan fingerprint density at radius 3 is 1.67 bits per heavy atom. The van der Waals surface area contributed by atoms with E-state index in [1.54, 1.807) is 0 Å². The van der Waals surface area contributed by atoms with E-state index >= 15 is 0 Å². The van der Waals surface area contributed by atoms with Crippen LogP contribution in [0, 0.1) is 0 Å².